The first-order chi connectivity index (χ1) is 13.6. The van der Waals surface area contributed by atoms with E-state index in [2.05, 4.69) is 15.5 Å². The van der Waals surface area contributed by atoms with Crippen molar-refractivity contribution in [3.05, 3.63) is 71.9 Å². The number of anilines is 2. The summed E-state index contributed by atoms with van der Waals surface area (Å²) in [7, 11) is 5.03. The van der Waals surface area contributed by atoms with Crippen molar-refractivity contribution in [3.8, 4) is 11.5 Å². The van der Waals surface area contributed by atoms with E-state index < -0.39 is 0 Å². The molecule has 0 atom stereocenters. The van der Waals surface area contributed by atoms with Crippen LogP contribution in [-0.4, -0.2) is 37.4 Å². The molecule has 3 aromatic rings. The number of hydrogen-bond donors (Lipinski definition) is 1. The first kappa shape index (κ1) is 19.2. The number of nitrogens with zero attached hydrogens (tertiary/aromatic N) is 3. The summed E-state index contributed by atoms with van der Waals surface area (Å²) < 4.78 is 10.5. The van der Waals surface area contributed by atoms with E-state index in [0.717, 1.165) is 0 Å². The van der Waals surface area contributed by atoms with Crippen LogP contribution in [0.4, 0.5) is 11.5 Å². The summed E-state index contributed by atoms with van der Waals surface area (Å²) in [6.45, 7) is 0.699. The van der Waals surface area contributed by atoms with Gasteiger partial charge in [-0.25, -0.2) is 0 Å². The van der Waals surface area contributed by atoms with Crippen LogP contribution in [0.15, 0.2) is 60.7 Å². The maximum atomic E-state index is 12.5. The molecule has 0 aliphatic rings. The minimum absolute atomic E-state index is 0.217. The SMILES string of the molecule is COc1ccc(NC(=O)c2ccc(N(C)Cc3ccccc3)nn2)c(OC)c1. The predicted octanol–water partition coefficient (Wildman–Crippen LogP) is 3.38. The van der Waals surface area contributed by atoms with Crippen LogP contribution in [-0.2, 0) is 6.54 Å². The Kier molecular flexibility index (Phi) is 6.06. The van der Waals surface area contributed by atoms with Gasteiger partial charge >= 0.3 is 0 Å². The van der Waals surface area contributed by atoms with Crippen molar-refractivity contribution in [2.45, 2.75) is 6.54 Å². The largest absolute Gasteiger partial charge is 0.497 e. The van der Waals surface area contributed by atoms with Crippen LogP contribution in [0, 0.1) is 0 Å². The van der Waals surface area contributed by atoms with Crippen LogP contribution in [0.2, 0.25) is 0 Å². The molecule has 144 valence electrons. The molecule has 0 saturated heterocycles. The zero-order chi connectivity index (χ0) is 19.9. The molecule has 0 aliphatic heterocycles. The first-order valence-corrected chi connectivity index (χ1v) is 8.73. The highest BCUT2D eigenvalue weighted by Gasteiger charge is 2.13. The Balaban J connectivity index is 1.68. The van der Waals surface area contributed by atoms with E-state index in [9.17, 15) is 4.79 Å². The quantitative estimate of drug-likeness (QED) is 0.679. The summed E-state index contributed by atoms with van der Waals surface area (Å²) in [5.74, 6) is 1.45. The molecule has 0 radical (unpaired) electrons. The Hall–Kier alpha value is -3.61. The molecular weight excluding hydrogens is 356 g/mol. The van der Waals surface area contributed by atoms with Gasteiger partial charge in [-0.1, -0.05) is 30.3 Å². The summed E-state index contributed by atoms with van der Waals surface area (Å²) in [6, 6.07) is 18.6. The Morgan fingerprint density at radius 1 is 1.00 bits per heavy atom. The molecule has 1 amide bonds. The van der Waals surface area contributed by atoms with E-state index in [-0.39, 0.29) is 11.6 Å². The zero-order valence-corrected chi connectivity index (χ0v) is 16.0. The molecule has 28 heavy (non-hydrogen) atoms. The number of nitrogens with one attached hydrogen (secondary N) is 1. The number of carbonyl (C=O) groups excluding carboxylic acids is 1. The molecule has 0 unspecified atom stereocenters. The highest BCUT2D eigenvalue weighted by molar-refractivity contribution is 6.03. The molecule has 0 saturated carbocycles. The van der Waals surface area contributed by atoms with Crippen LogP contribution < -0.4 is 19.7 Å². The van der Waals surface area contributed by atoms with E-state index in [0.29, 0.717) is 29.5 Å². The second-order valence-electron chi connectivity index (χ2n) is 6.14. The molecule has 1 heterocycles. The van der Waals surface area contributed by atoms with Crippen molar-refractivity contribution in [2.24, 2.45) is 0 Å². The number of methoxy groups -OCH3 is 2. The van der Waals surface area contributed by atoms with Crippen molar-refractivity contribution >= 4 is 17.4 Å². The number of amides is 1. The minimum Gasteiger partial charge on any atom is -0.497 e. The molecule has 2 aromatic carbocycles. The van der Waals surface area contributed by atoms with Gasteiger partial charge in [-0.2, -0.15) is 0 Å². The maximum Gasteiger partial charge on any atom is 0.276 e. The zero-order valence-electron chi connectivity index (χ0n) is 16.0. The third-order valence-electron chi connectivity index (χ3n) is 4.19. The van der Waals surface area contributed by atoms with E-state index in [1.165, 1.54) is 12.7 Å². The minimum atomic E-state index is -0.367. The average Bonchev–Trinajstić information content (AvgIpc) is 2.74. The lowest BCUT2D eigenvalue weighted by atomic mass is 10.2. The molecule has 7 nitrogen and oxygen atoms in total. The van der Waals surface area contributed by atoms with Gasteiger partial charge < -0.3 is 19.7 Å². The number of aromatic nitrogens is 2. The Morgan fingerprint density at radius 2 is 1.79 bits per heavy atom. The molecule has 1 N–H and O–H groups in total. The van der Waals surface area contributed by atoms with Crippen molar-refractivity contribution in [2.75, 3.05) is 31.5 Å². The number of rotatable bonds is 7. The standard InChI is InChI=1S/C21H22N4O3/c1-25(14-15-7-5-4-6-8-15)20-12-11-18(23-24-20)21(26)22-17-10-9-16(27-2)13-19(17)28-3/h4-13H,14H2,1-3H3,(H,22,26). The molecular formula is C21H22N4O3. The fourth-order valence-corrected chi connectivity index (χ4v) is 2.68. The topological polar surface area (TPSA) is 76.6 Å². The van der Waals surface area contributed by atoms with Gasteiger partial charge in [0.25, 0.3) is 5.91 Å². The second kappa shape index (κ2) is 8.85. The molecule has 1 aromatic heterocycles. The monoisotopic (exact) mass is 378 g/mol. The van der Waals surface area contributed by atoms with Crippen molar-refractivity contribution in [1.82, 2.24) is 10.2 Å². The normalized spacial score (nSPS) is 10.2. The highest BCUT2D eigenvalue weighted by Crippen LogP contribution is 2.29. The summed E-state index contributed by atoms with van der Waals surface area (Å²) in [4.78, 5) is 14.5. The van der Waals surface area contributed by atoms with Crippen molar-refractivity contribution in [3.63, 3.8) is 0 Å². The van der Waals surface area contributed by atoms with E-state index in [4.69, 9.17) is 9.47 Å². The third-order valence-corrected chi connectivity index (χ3v) is 4.19. The van der Waals surface area contributed by atoms with Crippen molar-refractivity contribution in [1.29, 1.82) is 0 Å². The lowest BCUT2D eigenvalue weighted by molar-refractivity contribution is 0.102. The fraction of sp³-hybridized carbons (Fsp3) is 0.190. The Labute approximate surface area is 163 Å². The summed E-state index contributed by atoms with van der Waals surface area (Å²) >= 11 is 0. The fourth-order valence-electron chi connectivity index (χ4n) is 2.68. The van der Waals surface area contributed by atoms with Crippen molar-refractivity contribution < 1.29 is 14.3 Å². The number of carbonyl (C=O) groups is 1. The first-order valence-electron chi connectivity index (χ1n) is 8.73. The summed E-state index contributed by atoms with van der Waals surface area (Å²) in [5.41, 5.74) is 1.91. The second-order valence-corrected chi connectivity index (χ2v) is 6.14. The van der Waals surface area contributed by atoms with Crippen LogP contribution in [0.5, 0.6) is 11.5 Å². The number of hydrogen-bond acceptors (Lipinski definition) is 6. The highest BCUT2D eigenvalue weighted by atomic mass is 16.5. The van der Waals surface area contributed by atoms with Crippen LogP contribution >= 0.6 is 0 Å². The third kappa shape index (κ3) is 4.56. The van der Waals surface area contributed by atoms with Gasteiger partial charge in [0.1, 0.15) is 11.5 Å². The van der Waals surface area contributed by atoms with Gasteiger partial charge in [0, 0.05) is 19.7 Å². The lowest BCUT2D eigenvalue weighted by Crippen LogP contribution is -2.20. The van der Waals surface area contributed by atoms with Gasteiger partial charge in [-0.05, 0) is 29.8 Å². The summed E-state index contributed by atoms with van der Waals surface area (Å²) in [6.07, 6.45) is 0. The predicted molar refractivity (Wildman–Crippen MR) is 108 cm³/mol. The van der Waals surface area contributed by atoms with Crippen LogP contribution in [0.3, 0.4) is 0 Å². The number of ether oxygens (including phenoxy) is 2. The van der Waals surface area contributed by atoms with Gasteiger partial charge in [-0.3, -0.25) is 4.79 Å². The van der Waals surface area contributed by atoms with Gasteiger partial charge in [0.15, 0.2) is 11.5 Å². The van der Waals surface area contributed by atoms with E-state index in [1.807, 2.05) is 42.3 Å². The average molecular weight is 378 g/mol. The lowest BCUT2D eigenvalue weighted by Gasteiger charge is -2.17. The maximum absolute atomic E-state index is 12.5. The molecule has 0 aliphatic carbocycles. The Bertz CT molecular complexity index is 930. The summed E-state index contributed by atoms with van der Waals surface area (Å²) in [5, 5.41) is 11.0. The Morgan fingerprint density at radius 3 is 2.43 bits per heavy atom. The van der Waals surface area contributed by atoms with Gasteiger partial charge in [0.05, 0.1) is 19.9 Å². The molecule has 0 bridgehead atoms. The van der Waals surface area contributed by atoms with Crippen LogP contribution in [0.1, 0.15) is 16.1 Å². The van der Waals surface area contributed by atoms with E-state index in [1.54, 1.807) is 37.4 Å². The smallest absolute Gasteiger partial charge is 0.276 e. The molecule has 7 heteroatoms. The van der Waals surface area contributed by atoms with E-state index >= 15 is 0 Å². The van der Waals surface area contributed by atoms with Gasteiger partial charge in [-0.15, -0.1) is 10.2 Å². The van der Waals surface area contributed by atoms with Gasteiger partial charge in [0.2, 0.25) is 0 Å². The molecule has 0 spiro atoms. The number of benzene rings is 2. The molecule has 0 fully saturated rings. The van der Waals surface area contributed by atoms with Crippen LogP contribution in [0.25, 0.3) is 0 Å². The molecule has 3 rings (SSSR count).